The van der Waals surface area contributed by atoms with E-state index in [1.54, 1.807) is 0 Å². The van der Waals surface area contributed by atoms with Crippen molar-refractivity contribution in [2.75, 3.05) is 19.8 Å². The Morgan fingerprint density at radius 1 is 1.45 bits per heavy atom. The quantitative estimate of drug-likeness (QED) is 0.610. The Balaban J connectivity index is 2.27. The molecule has 0 spiro atoms. The molecule has 1 aliphatic rings. The number of carboxylic acids is 1. The highest BCUT2D eigenvalue weighted by molar-refractivity contribution is 5.94. The highest BCUT2D eigenvalue weighted by atomic mass is 16.5. The number of H-pyrrole nitrogens is 2. The monoisotopic (exact) mass is 283 g/mol. The van der Waals surface area contributed by atoms with Crippen molar-refractivity contribution in [3.05, 3.63) is 32.6 Å². The second-order valence-electron chi connectivity index (χ2n) is 4.31. The molecule has 0 aromatic carbocycles. The number of carbonyl (C=O) groups excluding carboxylic acids is 1. The number of aliphatic carboxylic acids is 1. The molecule has 0 aliphatic carbocycles. The minimum Gasteiger partial charge on any atom is -0.481 e. The van der Waals surface area contributed by atoms with Gasteiger partial charge in [0, 0.05) is 12.7 Å². The van der Waals surface area contributed by atoms with Gasteiger partial charge in [-0.2, -0.15) is 0 Å². The van der Waals surface area contributed by atoms with Crippen LogP contribution in [-0.2, 0) is 9.53 Å². The standard InChI is InChI=1S/C11H13N3O6/c15-8(16)3-6-5-20-2-1-14(6)10(18)7-4-12-11(19)13-9(7)17/h4,6H,1-3,5H2,(H,15,16)(H2,12,13,17,19). The maximum absolute atomic E-state index is 12.3. The number of nitrogens with zero attached hydrogens (tertiary/aromatic N) is 1. The average Bonchev–Trinajstić information content (AvgIpc) is 2.38. The Morgan fingerprint density at radius 3 is 2.85 bits per heavy atom. The number of carboxylic acid groups (broad SMARTS) is 1. The number of ether oxygens (including phenoxy) is 1. The third kappa shape index (κ3) is 2.94. The van der Waals surface area contributed by atoms with Crippen LogP contribution < -0.4 is 11.2 Å². The Labute approximate surface area is 112 Å². The number of morpholine rings is 1. The summed E-state index contributed by atoms with van der Waals surface area (Å²) < 4.78 is 5.15. The van der Waals surface area contributed by atoms with Gasteiger partial charge in [-0.05, 0) is 0 Å². The zero-order valence-corrected chi connectivity index (χ0v) is 10.4. The lowest BCUT2D eigenvalue weighted by Gasteiger charge is -2.34. The smallest absolute Gasteiger partial charge is 0.325 e. The van der Waals surface area contributed by atoms with Gasteiger partial charge in [0.05, 0.1) is 25.7 Å². The molecule has 1 aliphatic heterocycles. The predicted molar refractivity (Wildman–Crippen MR) is 65.6 cm³/mol. The van der Waals surface area contributed by atoms with Gasteiger partial charge in [0.25, 0.3) is 11.5 Å². The summed E-state index contributed by atoms with van der Waals surface area (Å²) in [7, 11) is 0. The van der Waals surface area contributed by atoms with Crippen molar-refractivity contribution in [1.29, 1.82) is 0 Å². The van der Waals surface area contributed by atoms with Crippen molar-refractivity contribution in [2.24, 2.45) is 0 Å². The summed E-state index contributed by atoms with van der Waals surface area (Å²) in [4.78, 5) is 51.0. The lowest BCUT2D eigenvalue weighted by molar-refractivity contribution is -0.139. The lowest BCUT2D eigenvalue weighted by atomic mass is 10.1. The number of aromatic nitrogens is 2. The van der Waals surface area contributed by atoms with Crippen molar-refractivity contribution in [2.45, 2.75) is 12.5 Å². The average molecular weight is 283 g/mol. The highest BCUT2D eigenvalue weighted by Crippen LogP contribution is 2.13. The van der Waals surface area contributed by atoms with Crippen LogP contribution in [0.5, 0.6) is 0 Å². The molecular formula is C11H13N3O6. The fraction of sp³-hybridized carbons (Fsp3) is 0.455. The molecule has 0 radical (unpaired) electrons. The largest absolute Gasteiger partial charge is 0.481 e. The second kappa shape index (κ2) is 5.70. The van der Waals surface area contributed by atoms with Crippen molar-refractivity contribution in [3.8, 4) is 0 Å². The minimum atomic E-state index is -1.06. The Hall–Kier alpha value is -2.42. The number of rotatable bonds is 3. The maximum Gasteiger partial charge on any atom is 0.325 e. The molecule has 1 saturated heterocycles. The van der Waals surface area contributed by atoms with Gasteiger partial charge >= 0.3 is 11.7 Å². The molecule has 2 heterocycles. The summed E-state index contributed by atoms with van der Waals surface area (Å²) >= 11 is 0. The van der Waals surface area contributed by atoms with E-state index in [-0.39, 0.29) is 31.7 Å². The topological polar surface area (TPSA) is 133 Å². The van der Waals surface area contributed by atoms with Crippen LogP contribution in [0.25, 0.3) is 0 Å². The van der Waals surface area contributed by atoms with E-state index >= 15 is 0 Å². The van der Waals surface area contributed by atoms with Crippen molar-refractivity contribution in [3.63, 3.8) is 0 Å². The molecule has 1 aromatic heterocycles. The molecule has 1 fully saturated rings. The van der Waals surface area contributed by atoms with Crippen LogP contribution in [0.4, 0.5) is 0 Å². The molecule has 1 unspecified atom stereocenters. The van der Waals surface area contributed by atoms with Crippen LogP contribution >= 0.6 is 0 Å². The van der Waals surface area contributed by atoms with Gasteiger partial charge in [0.15, 0.2) is 0 Å². The number of nitrogens with one attached hydrogen (secondary N) is 2. The Kier molecular flexibility index (Phi) is 3.99. The maximum atomic E-state index is 12.3. The molecule has 108 valence electrons. The van der Waals surface area contributed by atoms with Gasteiger partial charge in [0.2, 0.25) is 0 Å². The summed E-state index contributed by atoms with van der Waals surface area (Å²) in [6.45, 7) is 0.553. The number of carbonyl (C=O) groups is 2. The molecule has 1 aromatic rings. The van der Waals surface area contributed by atoms with Crippen molar-refractivity contribution in [1.82, 2.24) is 14.9 Å². The van der Waals surface area contributed by atoms with E-state index in [1.165, 1.54) is 4.90 Å². The number of hydrogen-bond acceptors (Lipinski definition) is 5. The summed E-state index contributed by atoms with van der Waals surface area (Å²) in [6, 6.07) is -0.639. The molecule has 0 bridgehead atoms. The SMILES string of the molecule is O=C(O)CC1COCCN1C(=O)c1c[nH]c(=O)[nH]c1=O. The van der Waals surface area contributed by atoms with E-state index in [9.17, 15) is 19.2 Å². The third-order valence-electron chi connectivity index (χ3n) is 2.95. The van der Waals surface area contributed by atoms with E-state index < -0.39 is 29.2 Å². The molecule has 1 atom stereocenters. The van der Waals surface area contributed by atoms with E-state index in [0.717, 1.165) is 6.20 Å². The molecule has 0 saturated carbocycles. The third-order valence-corrected chi connectivity index (χ3v) is 2.95. The first-order valence-corrected chi connectivity index (χ1v) is 5.91. The van der Waals surface area contributed by atoms with Gasteiger partial charge in [-0.25, -0.2) is 4.79 Å². The molecule has 3 N–H and O–H groups in total. The number of aromatic amines is 2. The van der Waals surface area contributed by atoms with Crippen LogP contribution in [0.15, 0.2) is 15.8 Å². The summed E-state index contributed by atoms with van der Waals surface area (Å²) in [6.07, 6.45) is 0.754. The summed E-state index contributed by atoms with van der Waals surface area (Å²) in [5.41, 5.74) is -1.75. The zero-order chi connectivity index (χ0) is 14.7. The first-order chi connectivity index (χ1) is 9.49. The van der Waals surface area contributed by atoms with Crippen molar-refractivity contribution >= 4 is 11.9 Å². The van der Waals surface area contributed by atoms with Crippen LogP contribution in [0.2, 0.25) is 0 Å². The minimum absolute atomic E-state index is 0.0965. The molecular weight excluding hydrogens is 270 g/mol. The van der Waals surface area contributed by atoms with Gasteiger partial charge in [-0.3, -0.25) is 19.4 Å². The van der Waals surface area contributed by atoms with Crippen LogP contribution in [0.3, 0.4) is 0 Å². The zero-order valence-electron chi connectivity index (χ0n) is 10.4. The van der Waals surface area contributed by atoms with E-state index in [0.29, 0.717) is 0 Å². The highest BCUT2D eigenvalue weighted by Gasteiger charge is 2.31. The lowest BCUT2D eigenvalue weighted by Crippen LogP contribution is -2.50. The summed E-state index contributed by atoms with van der Waals surface area (Å²) in [5, 5.41) is 8.82. The normalized spacial score (nSPS) is 18.8. The van der Waals surface area contributed by atoms with Crippen LogP contribution in [-0.4, -0.2) is 57.7 Å². The first-order valence-electron chi connectivity index (χ1n) is 5.91. The Morgan fingerprint density at radius 2 is 2.20 bits per heavy atom. The number of amides is 1. The molecule has 1 amide bonds. The van der Waals surface area contributed by atoms with Gasteiger partial charge in [0.1, 0.15) is 5.56 Å². The van der Waals surface area contributed by atoms with Gasteiger partial charge < -0.3 is 19.7 Å². The predicted octanol–water partition coefficient (Wildman–Crippen LogP) is -1.62. The fourth-order valence-corrected chi connectivity index (χ4v) is 2.02. The first kappa shape index (κ1) is 14.0. The molecule has 9 heteroatoms. The van der Waals surface area contributed by atoms with Gasteiger partial charge in [-0.1, -0.05) is 0 Å². The van der Waals surface area contributed by atoms with Gasteiger partial charge in [-0.15, -0.1) is 0 Å². The van der Waals surface area contributed by atoms with E-state index in [4.69, 9.17) is 9.84 Å². The van der Waals surface area contributed by atoms with Crippen molar-refractivity contribution < 1.29 is 19.4 Å². The molecule has 2 rings (SSSR count). The van der Waals surface area contributed by atoms with E-state index in [2.05, 4.69) is 4.98 Å². The van der Waals surface area contributed by atoms with E-state index in [1.807, 2.05) is 4.98 Å². The molecule has 9 nitrogen and oxygen atoms in total. The molecule has 20 heavy (non-hydrogen) atoms. The second-order valence-corrected chi connectivity index (χ2v) is 4.31. The Bertz CT molecular complexity index is 634. The number of hydrogen-bond donors (Lipinski definition) is 3. The summed E-state index contributed by atoms with van der Waals surface area (Å²) in [5.74, 6) is -1.69. The van der Waals surface area contributed by atoms with Crippen LogP contribution in [0.1, 0.15) is 16.8 Å². The van der Waals surface area contributed by atoms with Crippen LogP contribution in [0, 0.1) is 0 Å². The fourth-order valence-electron chi connectivity index (χ4n) is 2.02.